The average molecular weight is 510 g/mol. The number of aliphatic imine (C=N–C) groups is 1. The standard InChI is InChI=1S/C21H20F2N4O.HI/c1-24-21(27-14-16-4-2-3-5-19(16)23)26-13-15-10-11-25-20(12-15)28-18-8-6-17(22)7-9-18;/h2-12H,13-14H2,1H3,(H2,24,26,27);1H. The Morgan fingerprint density at radius 1 is 1.00 bits per heavy atom. The largest absolute Gasteiger partial charge is 0.439 e. The first-order valence-corrected chi connectivity index (χ1v) is 8.70. The number of nitrogens with one attached hydrogen (secondary N) is 2. The fourth-order valence-electron chi connectivity index (χ4n) is 2.47. The number of benzene rings is 2. The van der Waals surface area contributed by atoms with E-state index in [9.17, 15) is 8.78 Å². The van der Waals surface area contributed by atoms with Crippen LogP contribution in [0.15, 0.2) is 71.9 Å². The smallest absolute Gasteiger partial charge is 0.219 e. The molecule has 0 aliphatic carbocycles. The second-order valence-electron chi connectivity index (χ2n) is 5.93. The molecule has 0 bridgehead atoms. The molecule has 2 N–H and O–H groups in total. The zero-order valence-electron chi connectivity index (χ0n) is 15.7. The summed E-state index contributed by atoms with van der Waals surface area (Å²) >= 11 is 0. The van der Waals surface area contributed by atoms with Crippen LogP contribution in [0, 0.1) is 11.6 Å². The van der Waals surface area contributed by atoms with Crippen LogP contribution in [0.2, 0.25) is 0 Å². The van der Waals surface area contributed by atoms with Crippen molar-refractivity contribution in [1.29, 1.82) is 0 Å². The van der Waals surface area contributed by atoms with Crippen LogP contribution in [-0.2, 0) is 13.1 Å². The maximum absolute atomic E-state index is 13.7. The van der Waals surface area contributed by atoms with Gasteiger partial charge in [-0.15, -0.1) is 24.0 Å². The van der Waals surface area contributed by atoms with Gasteiger partial charge in [-0.2, -0.15) is 0 Å². The number of hydrogen-bond acceptors (Lipinski definition) is 3. The Bertz CT molecular complexity index is 951. The zero-order chi connectivity index (χ0) is 19.8. The Hall–Kier alpha value is -2.75. The van der Waals surface area contributed by atoms with Crippen molar-refractivity contribution >= 4 is 29.9 Å². The van der Waals surface area contributed by atoms with Gasteiger partial charge in [0.15, 0.2) is 5.96 Å². The molecule has 1 aromatic heterocycles. The fourth-order valence-corrected chi connectivity index (χ4v) is 2.47. The second kappa shape index (κ2) is 11.3. The summed E-state index contributed by atoms with van der Waals surface area (Å²) < 4.78 is 32.3. The van der Waals surface area contributed by atoms with Gasteiger partial charge in [0, 0.05) is 38.0 Å². The number of pyridine rings is 1. The predicted octanol–water partition coefficient (Wildman–Crippen LogP) is 4.64. The van der Waals surface area contributed by atoms with Gasteiger partial charge < -0.3 is 15.4 Å². The summed E-state index contributed by atoms with van der Waals surface area (Å²) in [5, 5.41) is 6.23. The summed E-state index contributed by atoms with van der Waals surface area (Å²) in [6.45, 7) is 0.793. The van der Waals surface area contributed by atoms with Crippen molar-refractivity contribution < 1.29 is 13.5 Å². The zero-order valence-corrected chi connectivity index (χ0v) is 18.1. The highest BCUT2D eigenvalue weighted by molar-refractivity contribution is 14.0. The first kappa shape index (κ1) is 22.5. The molecule has 0 radical (unpaired) electrons. The van der Waals surface area contributed by atoms with E-state index in [1.54, 1.807) is 37.5 Å². The minimum Gasteiger partial charge on any atom is -0.439 e. The quantitative estimate of drug-likeness (QED) is 0.289. The van der Waals surface area contributed by atoms with E-state index in [-0.39, 0.29) is 35.6 Å². The third-order valence-electron chi connectivity index (χ3n) is 3.92. The first-order valence-electron chi connectivity index (χ1n) is 8.70. The third-order valence-corrected chi connectivity index (χ3v) is 3.92. The Morgan fingerprint density at radius 3 is 2.45 bits per heavy atom. The van der Waals surface area contributed by atoms with Crippen molar-refractivity contribution in [3.63, 3.8) is 0 Å². The molecule has 5 nitrogen and oxygen atoms in total. The molecule has 0 unspecified atom stereocenters. The Labute approximate surface area is 185 Å². The van der Waals surface area contributed by atoms with E-state index in [1.807, 2.05) is 6.07 Å². The van der Waals surface area contributed by atoms with Gasteiger partial charge in [-0.05, 0) is 42.0 Å². The van der Waals surface area contributed by atoms with Crippen molar-refractivity contribution in [3.8, 4) is 11.6 Å². The summed E-state index contributed by atoms with van der Waals surface area (Å²) in [7, 11) is 1.65. The average Bonchev–Trinajstić information content (AvgIpc) is 2.71. The maximum Gasteiger partial charge on any atom is 0.219 e. The lowest BCUT2D eigenvalue weighted by Gasteiger charge is -2.13. The molecule has 3 rings (SSSR count). The van der Waals surface area contributed by atoms with Crippen molar-refractivity contribution in [2.75, 3.05) is 7.05 Å². The summed E-state index contributed by atoms with van der Waals surface area (Å²) in [6.07, 6.45) is 1.63. The molecular weight excluding hydrogens is 489 g/mol. The minimum atomic E-state index is -0.326. The highest BCUT2D eigenvalue weighted by Crippen LogP contribution is 2.20. The topological polar surface area (TPSA) is 58.5 Å². The Kier molecular flexibility index (Phi) is 8.78. The van der Waals surface area contributed by atoms with Crippen molar-refractivity contribution in [2.45, 2.75) is 13.1 Å². The SMILES string of the molecule is CN=C(NCc1ccnc(Oc2ccc(F)cc2)c1)NCc1ccccc1F.I. The molecule has 3 aromatic rings. The number of rotatable bonds is 6. The molecule has 0 atom stereocenters. The van der Waals surface area contributed by atoms with E-state index in [1.165, 1.54) is 30.3 Å². The summed E-state index contributed by atoms with van der Waals surface area (Å²) in [5.41, 5.74) is 1.48. The van der Waals surface area contributed by atoms with Crippen LogP contribution in [0.25, 0.3) is 0 Å². The highest BCUT2D eigenvalue weighted by Gasteiger charge is 2.05. The Morgan fingerprint density at radius 2 is 1.72 bits per heavy atom. The van der Waals surface area contributed by atoms with Crippen LogP contribution in [0.3, 0.4) is 0 Å². The highest BCUT2D eigenvalue weighted by atomic mass is 127. The number of guanidine groups is 1. The van der Waals surface area contributed by atoms with Gasteiger partial charge in [0.1, 0.15) is 17.4 Å². The number of hydrogen-bond donors (Lipinski definition) is 2. The number of ether oxygens (including phenoxy) is 1. The van der Waals surface area contributed by atoms with E-state index < -0.39 is 0 Å². The van der Waals surface area contributed by atoms with Crippen LogP contribution in [0.1, 0.15) is 11.1 Å². The molecule has 0 aliphatic heterocycles. The number of aromatic nitrogens is 1. The second-order valence-corrected chi connectivity index (χ2v) is 5.93. The fraction of sp³-hybridized carbons (Fsp3) is 0.143. The molecule has 152 valence electrons. The van der Waals surface area contributed by atoms with Crippen LogP contribution in [0.5, 0.6) is 11.6 Å². The summed E-state index contributed by atoms with van der Waals surface area (Å²) in [5.74, 6) is 0.859. The van der Waals surface area contributed by atoms with E-state index in [0.717, 1.165) is 5.56 Å². The molecule has 0 fully saturated rings. The molecule has 0 spiro atoms. The lowest BCUT2D eigenvalue weighted by atomic mass is 10.2. The Balaban J connectivity index is 0.00000300. The van der Waals surface area contributed by atoms with Crippen molar-refractivity contribution in [1.82, 2.24) is 15.6 Å². The van der Waals surface area contributed by atoms with Gasteiger partial charge in [0.2, 0.25) is 5.88 Å². The van der Waals surface area contributed by atoms with Crippen LogP contribution < -0.4 is 15.4 Å². The molecule has 8 heteroatoms. The molecule has 29 heavy (non-hydrogen) atoms. The normalized spacial score (nSPS) is 10.8. The first-order chi connectivity index (χ1) is 13.6. The lowest BCUT2D eigenvalue weighted by molar-refractivity contribution is 0.460. The van der Waals surface area contributed by atoms with Gasteiger partial charge >= 0.3 is 0 Å². The van der Waals surface area contributed by atoms with E-state index >= 15 is 0 Å². The van der Waals surface area contributed by atoms with Gasteiger partial charge in [-0.3, -0.25) is 4.99 Å². The number of halogens is 3. The molecule has 0 saturated heterocycles. The van der Waals surface area contributed by atoms with Crippen molar-refractivity contribution in [2.24, 2.45) is 4.99 Å². The van der Waals surface area contributed by atoms with Gasteiger partial charge in [0.25, 0.3) is 0 Å². The van der Waals surface area contributed by atoms with E-state index in [2.05, 4.69) is 20.6 Å². The number of nitrogens with zero attached hydrogens (tertiary/aromatic N) is 2. The van der Waals surface area contributed by atoms with E-state index in [4.69, 9.17) is 4.74 Å². The summed E-state index contributed by atoms with van der Waals surface area (Å²) in [4.78, 5) is 8.29. The lowest BCUT2D eigenvalue weighted by Crippen LogP contribution is -2.36. The van der Waals surface area contributed by atoms with Crippen LogP contribution in [0.4, 0.5) is 8.78 Å². The molecule has 1 heterocycles. The monoisotopic (exact) mass is 510 g/mol. The molecular formula is C21H21F2IN4O. The third kappa shape index (κ3) is 6.97. The van der Waals surface area contributed by atoms with E-state index in [0.29, 0.717) is 36.2 Å². The van der Waals surface area contributed by atoms with Crippen LogP contribution in [-0.4, -0.2) is 18.0 Å². The molecule has 0 saturated carbocycles. The van der Waals surface area contributed by atoms with Crippen molar-refractivity contribution in [3.05, 3.63) is 89.6 Å². The van der Waals surface area contributed by atoms with Crippen LogP contribution >= 0.6 is 24.0 Å². The molecule has 2 aromatic carbocycles. The molecule has 0 aliphatic rings. The molecule has 0 amide bonds. The predicted molar refractivity (Wildman–Crippen MR) is 120 cm³/mol. The summed E-state index contributed by atoms with van der Waals surface area (Å²) in [6, 6.07) is 15.9. The van der Waals surface area contributed by atoms with Gasteiger partial charge in [-0.1, -0.05) is 18.2 Å². The van der Waals surface area contributed by atoms with Gasteiger partial charge in [0.05, 0.1) is 0 Å². The maximum atomic E-state index is 13.7. The van der Waals surface area contributed by atoms with Gasteiger partial charge in [-0.25, -0.2) is 13.8 Å². The minimum absolute atomic E-state index is 0.